The molecule has 0 radical (unpaired) electrons. The second-order valence-electron chi connectivity index (χ2n) is 6.16. The highest BCUT2D eigenvalue weighted by Gasteiger charge is 2.11. The third-order valence-electron chi connectivity index (χ3n) is 4.21. The van der Waals surface area contributed by atoms with Crippen LogP contribution in [0.4, 0.5) is 5.82 Å². The van der Waals surface area contributed by atoms with Crippen LogP contribution < -0.4 is 5.32 Å². The fourth-order valence-corrected chi connectivity index (χ4v) is 2.86. The Morgan fingerprint density at radius 3 is 2.64 bits per heavy atom. The highest BCUT2D eigenvalue weighted by molar-refractivity contribution is 5.66. The smallest absolute Gasteiger partial charge is 0.125 e. The maximum Gasteiger partial charge on any atom is 0.125 e. The number of aromatic hydroxyl groups is 1. The van der Waals surface area contributed by atoms with Gasteiger partial charge in [-0.15, -0.1) is 0 Å². The van der Waals surface area contributed by atoms with Crippen molar-refractivity contribution < 1.29 is 10.2 Å². The predicted octanol–water partition coefficient (Wildman–Crippen LogP) is 3.48. The SMILES string of the molecule is Cc1ccc(O)c(CNc2cc(-c3ccccc3C)nn2CCO)c1. The molecule has 5 nitrogen and oxygen atoms in total. The number of hydrogen-bond acceptors (Lipinski definition) is 4. The van der Waals surface area contributed by atoms with E-state index in [4.69, 9.17) is 0 Å². The molecule has 130 valence electrons. The van der Waals surface area contributed by atoms with Crippen LogP contribution in [0.5, 0.6) is 5.75 Å². The first-order valence-electron chi connectivity index (χ1n) is 8.35. The van der Waals surface area contributed by atoms with Gasteiger partial charge in [-0.25, -0.2) is 4.68 Å². The van der Waals surface area contributed by atoms with Crippen LogP contribution in [0, 0.1) is 13.8 Å². The minimum Gasteiger partial charge on any atom is -0.508 e. The van der Waals surface area contributed by atoms with Crippen LogP contribution in [0.2, 0.25) is 0 Å². The summed E-state index contributed by atoms with van der Waals surface area (Å²) >= 11 is 0. The molecule has 0 saturated heterocycles. The number of phenols is 1. The van der Waals surface area contributed by atoms with E-state index in [0.717, 1.165) is 33.8 Å². The van der Waals surface area contributed by atoms with Crippen LogP contribution in [0.25, 0.3) is 11.3 Å². The number of aliphatic hydroxyl groups excluding tert-OH is 1. The molecule has 0 bridgehead atoms. The van der Waals surface area contributed by atoms with E-state index in [1.807, 2.05) is 43.3 Å². The molecule has 0 fully saturated rings. The van der Waals surface area contributed by atoms with Crippen LogP contribution >= 0.6 is 0 Å². The Morgan fingerprint density at radius 2 is 1.88 bits per heavy atom. The molecule has 2 aromatic carbocycles. The molecule has 0 amide bonds. The minimum atomic E-state index is 0.0132. The van der Waals surface area contributed by atoms with Crippen molar-refractivity contribution in [3.05, 3.63) is 65.2 Å². The highest BCUT2D eigenvalue weighted by Crippen LogP contribution is 2.26. The highest BCUT2D eigenvalue weighted by atomic mass is 16.3. The molecular formula is C20H23N3O2. The van der Waals surface area contributed by atoms with Crippen LogP contribution in [-0.4, -0.2) is 26.6 Å². The Bertz CT molecular complexity index is 871. The predicted molar refractivity (Wildman–Crippen MR) is 99.7 cm³/mol. The number of nitrogens with one attached hydrogen (secondary N) is 1. The van der Waals surface area contributed by atoms with Crippen molar-refractivity contribution in [3.8, 4) is 17.0 Å². The van der Waals surface area contributed by atoms with Crippen LogP contribution in [0.15, 0.2) is 48.5 Å². The van der Waals surface area contributed by atoms with Gasteiger partial charge in [0, 0.05) is 23.7 Å². The molecule has 25 heavy (non-hydrogen) atoms. The van der Waals surface area contributed by atoms with Gasteiger partial charge in [0.25, 0.3) is 0 Å². The summed E-state index contributed by atoms with van der Waals surface area (Å²) in [5, 5.41) is 27.3. The molecule has 1 heterocycles. The Hall–Kier alpha value is -2.79. The van der Waals surface area contributed by atoms with Gasteiger partial charge in [0.2, 0.25) is 0 Å². The number of benzene rings is 2. The molecule has 0 aliphatic heterocycles. The molecule has 1 aromatic heterocycles. The van der Waals surface area contributed by atoms with Crippen LogP contribution in [0.1, 0.15) is 16.7 Å². The number of aromatic nitrogens is 2. The summed E-state index contributed by atoms with van der Waals surface area (Å²) in [7, 11) is 0. The van der Waals surface area contributed by atoms with Crippen LogP contribution in [0.3, 0.4) is 0 Å². The van der Waals surface area contributed by atoms with E-state index in [-0.39, 0.29) is 12.4 Å². The van der Waals surface area contributed by atoms with Crippen LogP contribution in [-0.2, 0) is 13.1 Å². The first-order chi connectivity index (χ1) is 12.1. The Morgan fingerprint density at radius 1 is 1.08 bits per heavy atom. The first-order valence-corrected chi connectivity index (χ1v) is 8.35. The van der Waals surface area contributed by atoms with Gasteiger partial charge in [-0.05, 0) is 25.5 Å². The summed E-state index contributed by atoms with van der Waals surface area (Å²) in [6, 6.07) is 15.6. The van der Waals surface area contributed by atoms with Gasteiger partial charge < -0.3 is 15.5 Å². The van der Waals surface area contributed by atoms with E-state index in [9.17, 15) is 10.2 Å². The summed E-state index contributed by atoms with van der Waals surface area (Å²) in [6.45, 7) is 4.96. The normalized spacial score (nSPS) is 10.8. The quantitative estimate of drug-likeness (QED) is 0.644. The summed E-state index contributed by atoms with van der Waals surface area (Å²) in [5.41, 5.74) is 5.01. The van der Waals surface area contributed by atoms with E-state index in [1.54, 1.807) is 10.7 Å². The molecule has 3 rings (SSSR count). The lowest BCUT2D eigenvalue weighted by atomic mass is 10.1. The van der Waals surface area contributed by atoms with Gasteiger partial charge >= 0.3 is 0 Å². The van der Waals surface area contributed by atoms with Crippen molar-refractivity contribution >= 4 is 5.82 Å². The maximum atomic E-state index is 10.0. The number of phenolic OH excluding ortho intramolecular Hbond substituents is 1. The summed E-state index contributed by atoms with van der Waals surface area (Å²) < 4.78 is 1.76. The third kappa shape index (κ3) is 3.83. The number of anilines is 1. The lowest BCUT2D eigenvalue weighted by molar-refractivity contribution is 0.270. The molecule has 5 heteroatoms. The number of hydrogen-bond donors (Lipinski definition) is 3. The Balaban J connectivity index is 1.87. The topological polar surface area (TPSA) is 70.3 Å². The molecule has 0 unspecified atom stereocenters. The van der Waals surface area contributed by atoms with Gasteiger partial charge in [0.15, 0.2) is 0 Å². The fraction of sp³-hybridized carbons (Fsp3) is 0.250. The molecule has 3 N–H and O–H groups in total. The van der Waals surface area contributed by atoms with Gasteiger partial charge in [-0.1, -0.05) is 42.0 Å². The van der Waals surface area contributed by atoms with Gasteiger partial charge in [-0.2, -0.15) is 5.10 Å². The average molecular weight is 337 g/mol. The largest absolute Gasteiger partial charge is 0.508 e. The maximum absolute atomic E-state index is 10.0. The van der Waals surface area contributed by atoms with Crippen molar-refractivity contribution in [1.82, 2.24) is 9.78 Å². The number of rotatable bonds is 6. The van der Waals surface area contributed by atoms with E-state index < -0.39 is 0 Å². The molecule has 3 aromatic rings. The zero-order chi connectivity index (χ0) is 17.8. The minimum absolute atomic E-state index is 0.0132. The average Bonchev–Trinajstić information content (AvgIpc) is 2.99. The van der Waals surface area contributed by atoms with Crippen molar-refractivity contribution in [2.24, 2.45) is 0 Å². The Labute approximate surface area is 147 Å². The van der Waals surface area contributed by atoms with Crippen molar-refractivity contribution in [2.75, 3.05) is 11.9 Å². The molecule has 0 saturated carbocycles. The van der Waals surface area contributed by atoms with E-state index >= 15 is 0 Å². The van der Waals surface area contributed by atoms with Crippen molar-refractivity contribution in [1.29, 1.82) is 0 Å². The number of aryl methyl sites for hydroxylation is 2. The lowest BCUT2D eigenvalue weighted by Crippen LogP contribution is -2.10. The molecule has 0 aliphatic carbocycles. The van der Waals surface area contributed by atoms with E-state index in [0.29, 0.717) is 13.1 Å². The van der Waals surface area contributed by atoms with E-state index in [2.05, 4.69) is 23.4 Å². The summed E-state index contributed by atoms with van der Waals surface area (Å²) in [4.78, 5) is 0. The molecule has 0 aliphatic rings. The fourth-order valence-electron chi connectivity index (χ4n) is 2.86. The molecular weight excluding hydrogens is 314 g/mol. The van der Waals surface area contributed by atoms with E-state index in [1.165, 1.54) is 0 Å². The molecule has 0 spiro atoms. The monoisotopic (exact) mass is 337 g/mol. The lowest BCUT2D eigenvalue weighted by Gasteiger charge is -2.10. The second kappa shape index (κ2) is 7.40. The third-order valence-corrected chi connectivity index (χ3v) is 4.21. The number of nitrogens with zero attached hydrogens (tertiary/aromatic N) is 2. The van der Waals surface area contributed by atoms with Crippen molar-refractivity contribution in [2.45, 2.75) is 26.9 Å². The van der Waals surface area contributed by atoms with Gasteiger partial charge in [0.05, 0.1) is 18.8 Å². The summed E-state index contributed by atoms with van der Waals surface area (Å²) in [6.07, 6.45) is 0. The zero-order valence-electron chi connectivity index (χ0n) is 14.5. The second-order valence-corrected chi connectivity index (χ2v) is 6.16. The summed E-state index contributed by atoms with van der Waals surface area (Å²) in [5.74, 6) is 1.08. The molecule has 0 atom stereocenters. The first kappa shape index (κ1) is 17.0. The van der Waals surface area contributed by atoms with Crippen molar-refractivity contribution in [3.63, 3.8) is 0 Å². The zero-order valence-corrected chi connectivity index (χ0v) is 14.5. The number of aliphatic hydroxyl groups is 1. The van der Waals surface area contributed by atoms with Gasteiger partial charge in [0.1, 0.15) is 11.6 Å². The Kier molecular flexibility index (Phi) is 5.05. The standard InChI is InChI=1S/C20H23N3O2/c1-14-7-8-19(25)16(11-14)13-21-20-12-18(22-23(20)9-10-24)17-6-4-3-5-15(17)2/h3-8,11-12,21,24-25H,9-10,13H2,1-2H3. The van der Waals surface area contributed by atoms with Gasteiger partial charge in [-0.3, -0.25) is 0 Å².